The van der Waals surface area contributed by atoms with Crippen molar-refractivity contribution in [2.24, 2.45) is 10.3 Å². The molecule has 5 nitrogen and oxygen atoms in total. The molecule has 14 heavy (non-hydrogen) atoms. The van der Waals surface area contributed by atoms with Gasteiger partial charge in [-0.3, -0.25) is 0 Å². The van der Waals surface area contributed by atoms with E-state index in [0.29, 0.717) is 0 Å². The average Bonchev–Trinajstić information content (AvgIpc) is 2.27. The van der Waals surface area contributed by atoms with Gasteiger partial charge in [-0.05, 0) is 12.1 Å². The van der Waals surface area contributed by atoms with E-state index in [1.54, 1.807) is 6.07 Å². The van der Waals surface area contributed by atoms with Crippen LogP contribution >= 0.6 is 23.2 Å². The van der Waals surface area contributed by atoms with Crippen molar-refractivity contribution >= 4 is 33.5 Å². The lowest BCUT2D eigenvalue weighted by Crippen LogP contribution is -2.02. The molecule has 1 aromatic rings. The number of nitrogens with zero attached hydrogens (tertiary/aromatic N) is 3. The van der Waals surface area contributed by atoms with Crippen LogP contribution in [0.2, 0.25) is 0 Å². The molecule has 0 unspecified atom stereocenters. The highest BCUT2D eigenvalue weighted by Gasteiger charge is 2.06. The number of halogens is 2. The Labute approximate surface area is 89.3 Å². The maximum Gasteiger partial charge on any atom is 0.193 e. The second-order valence-corrected chi connectivity index (χ2v) is 2.91. The van der Waals surface area contributed by atoms with E-state index in [9.17, 15) is 0 Å². The Kier molecular flexibility index (Phi) is 3.67. The average molecular weight is 234 g/mol. The third-order valence-corrected chi connectivity index (χ3v) is 1.89. The molecule has 7 heteroatoms. The van der Waals surface area contributed by atoms with E-state index < -0.39 is 0 Å². The fourth-order valence-electron chi connectivity index (χ4n) is 0.767. The molecule has 0 bridgehead atoms. The summed E-state index contributed by atoms with van der Waals surface area (Å²) in [6.07, 6.45) is 0. The topological polar surface area (TPSA) is 78.1 Å². The molecule has 0 fully saturated rings. The summed E-state index contributed by atoms with van der Waals surface area (Å²) in [6, 6.07) is 4.62. The second-order valence-electron chi connectivity index (χ2n) is 2.19. The molecule has 0 aliphatic carbocycles. The minimum Gasteiger partial charge on any atom is -0.410 e. The molecule has 74 valence electrons. The maximum atomic E-state index is 8.38. The normalized spacial score (nSPS) is 13.0. The van der Waals surface area contributed by atoms with Crippen LogP contribution in [0.5, 0.6) is 0 Å². The molecular formula is C7H5Cl2N3O2. The van der Waals surface area contributed by atoms with Crippen LogP contribution in [0.3, 0.4) is 0 Å². The molecule has 0 amide bonds. The third-order valence-electron chi connectivity index (χ3n) is 1.35. The Morgan fingerprint density at radius 2 is 1.50 bits per heavy atom. The number of aromatic nitrogens is 1. The number of hydrogen-bond donors (Lipinski definition) is 2. The molecule has 0 radical (unpaired) electrons. The van der Waals surface area contributed by atoms with E-state index >= 15 is 0 Å². The molecule has 2 N–H and O–H groups in total. The smallest absolute Gasteiger partial charge is 0.193 e. The second kappa shape index (κ2) is 4.78. The molecular weight excluding hydrogens is 229 g/mol. The molecule has 0 saturated heterocycles. The first-order valence-corrected chi connectivity index (χ1v) is 4.17. The number of oxime groups is 2. The fraction of sp³-hybridized carbons (Fsp3) is 0. The van der Waals surface area contributed by atoms with E-state index in [0.717, 1.165) is 0 Å². The van der Waals surface area contributed by atoms with Gasteiger partial charge in [0.1, 0.15) is 11.4 Å². The van der Waals surface area contributed by atoms with Gasteiger partial charge in [0.25, 0.3) is 0 Å². The first kappa shape index (κ1) is 10.7. The van der Waals surface area contributed by atoms with Gasteiger partial charge < -0.3 is 10.4 Å². The van der Waals surface area contributed by atoms with E-state index in [1.807, 2.05) is 0 Å². The first-order valence-electron chi connectivity index (χ1n) is 3.42. The Hall–Kier alpha value is -1.33. The van der Waals surface area contributed by atoms with E-state index in [4.69, 9.17) is 33.6 Å². The van der Waals surface area contributed by atoms with Crippen LogP contribution in [0.25, 0.3) is 0 Å². The van der Waals surface area contributed by atoms with Crippen molar-refractivity contribution in [1.29, 1.82) is 0 Å². The van der Waals surface area contributed by atoms with E-state index in [1.165, 1.54) is 12.1 Å². The summed E-state index contributed by atoms with van der Waals surface area (Å²) in [7, 11) is 0. The number of hydrogen-bond acceptors (Lipinski definition) is 5. The van der Waals surface area contributed by atoms with E-state index in [-0.39, 0.29) is 21.7 Å². The molecule has 1 rings (SSSR count). The maximum absolute atomic E-state index is 8.38. The van der Waals surface area contributed by atoms with Crippen LogP contribution < -0.4 is 0 Å². The third kappa shape index (κ3) is 2.34. The molecule has 0 atom stereocenters. The lowest BCUT2D eigenvalue weighted by atomic mass is 10.3. The van der Waals surface area contributed by atoms with Crippen molar-refractivity contribution in [3.63, 3.8) is 0 Å². The molecule has 0 spiro atoms. The van der Waals surface area contributed by atoms with Crippen LogP contribution in [0.4, 0.5) is 0 Å². The Bertz CT molecular complexity index is 359. The van der Waals surface area contributed by atoms with Crippen LogP contribution in [-0.4, -0.2) is 25.7 Å². The SMILES string of the molecule is O/N=C(/Cl)c1cccc(/C(Cl)=N\O)n1. The van der Waals surface area contributed by atoms with Gasteiger partial charge in [-0.1, -0.05) is 39.6 Å². The Morgan fingerprint density at radius 3 is 1.86 bits per heavy atom. The van der Waals surface area contributed by atoms with Crippen molar-refractivity contribution in [3.8, 4) is 0 Å². The fourth-order valence-corrected chi connectivity index (χ4v) is 0.977. The minimum absolute atomic E-state index is 0.172. The zero-order valence-corrected chi connectivity index (χ0v) is 8.24. The van der Waals surface area contributed by atoms with Gasteiger partial charge in [0.05, 0.1) is 0 Å². The van der Waals surface area contributed by atoms with Gasteiger partial charge in [0.2, 0.25) is 0 Å². The molecule has 0 aliphatic rings. The summed E-state index contributed by atoms with van der Waals surface area (Å²) in [6.45, 7) is 0. The first-order chi connectivity index (χ1) is 6.69. The zero-order chi connectivity index (χ0) is 10.6. The predicted molar refractivity (Wildman–Crippen MR) is 52.6 cm³/mol. The molecule has 0 saturated carbocycles. The lowest BCUT2D eigenvalue weighted by Gasteiger charge is -1.98. The molecule has 0 aliphatic heterocycles. The monoisotopic (exact) mass is 233 g/mol. The predicted octanol–water partition coefficient (Wildman–Crippen LogP) is 1.83. The summed E-state index contributed by atoms with van der Waals surface area (Å²) >= 11 is 11.0. The van der Waals surface area contributed by atoms with Crippen molar-refractivity contribution in [3.05, 3.63) is 29.6 Å². The number of pyridine rings is 1. The highest BCUT2D eigenvalue weighted by Crippen LogP contribution is 2.06. The Balaban J connectivity index is 3.14. The Morgan fingerprint density at radius 1 is 1.07 bits per heavy atom. The van der Waals surface area contributed by atoms with Crippen LogP contribution in [0.15, 0.2) is 28.5 Å². The standard InChI is InChI=1S/C7H5Cl2N3O2/c8-6(11-13)4-2-1-3-5(10-4)7(9)12-14/h1-3,13-14H/b11-6+,12-7+. The van der Waals surface area contributed by atoms with Gasteiger partial charge in [-0.15, -0.1) is 0 Å². The quantitative estimate of drug-likeness (QED) is 0.465. The highest BCUT2D eigenvalue weighted by atomic mass is 35.5. The summed E-state index contributed by atoms with van der Waals surface area (Å²) in [5.74, 6) is 0. The van der Waals surface area contributed by atoms with Gasteiger partial charge in [0, 0.05) is 0 Å². The van der Waals surface area contributed by atoms with Crippen LogP contribution in [0, 0.1) is 0 Å². The number of rotatable bonds is 2. The summed E-state index contributed by atoms with van der Waals surface area (Å²) in [4.78, 5) is 3.87. The van der Waals surface area contributed by atoms with Gasteiger partial charge in [0.15, 0.2) is 10.3 Å². The zero-order valence-electron chi connectivity index (χ0n) is 6.72. The minimum atomic E-state index is -0.172. The highest BCUT2D eigenvalue weighted by molar-refractivity contribution is 6.70. The summed E-state index contributed by atoms with van der Waals surface area (Å²) in [5.41, 5.74) is 0.460. The van der Waals surface area contributed by atoms with Crippen molar-refractivity contribution in [1.82, 2.24) is 4.98 Å². The van der Waals surface area contributed by atoms with Gasteiger partial charge in [-0.25, -0.2) is 4.98 Å². The van der Waals surface area contributed by atoms with Crippen LogP contribution in [-0.2, 0) is 0 Å². The van der Waals surface area contributed by atoms with Crippen molar-refractivity contribution in [2.75, 3.05) is 0 Å². The molecule has 0 aromatic carbocycles. The summed E-state index contributed by atoms with van der Waals surface area (Å²) < 4.78 is 0. The van der Waals surface area contributed by atoms with Crippen molar-refractivity contribution < 1.29 is 10.4 Å². The largest absolute Gasteiger partial charge is 0.410 e. The molecule has 1 aromatic heterocycles. The van der Waals surface area contributed by atoms with E-state index in [2.05, 4.69) is 15.3 Å². The summed E-state index contributed by atoms with van der Waals surface area (Å²) in [5, 5.41) is 21.9. The van der Waals surface area contributed by atoms with Gasteiger partial charge in [-0.2, -0.15) is 0 Å². The van der Waals surface area contributed by atoms with Gasteiger partial charge >= 0.3 is 0 Å². The van der Waals surface area contributed by atoms with Crippen LogP contribution in [0.1, 0.15) is 11.4 Å². The van der Waals surface area contributed by atoms with Crippen molar-refractivity contribution in [2.45, 2.75) is 0 Å². The lowest BCUT2D eigenvalue weighted by molar-refractivity contribution is 0.320. The molecule has 1 heterocycles.